The Bertz CT molecular complexity index is 1020. The van der Waals surface area contributed by atoms with Crippen molar-refractivity contribution in [2.75, 3.05) is 0 Å². The molecule has 27 heavy (non-hydrogen) atoms. The number of Topliss-reactive ketones (excluding diaryl/α,β-unsaturated/α-hetero) is 2. The van der Waals surface area contributed by atoms with Gasteiger partial charge in [0.05, 0.1) is 17.6 Å². The van der Waals surface area contributed by atoms with Crippen LogP contribution in [0.25, 0.3) is 6.08 Å². The van der Waals surface area contributed by atoms with Crippen LogP contribution < -0.4 is 0 Å². The number of hydrogen-bond donors (Lipinski definition) is 4. The average molecular weight is 366 g/mol. The summed E-state index contributed by atoms with van der Waals surface area (Å²) in [5, 5.41) is 42.3. The van der Waals surface area contributed by atoms with Crippen molar-refractivity contribution >= 4 is 17.6 Å². The molecule has 0 aliphatic heterocycles. The minimum atomic E-state index is -1.23. The van der Waals surface area contributed by atoms with Gasteiger partial charge < -0.3 is 20.4 Å². The summed E-state index contributed by atoms with van der Waals surface area (Å²) in [4.78, 5) is 24.4. The lowest BCUT2D eigenvalue weighted by Gasteiger charge is -2.35. The molecule has 0 radical (unpaired) electrons. The molecule has 0 saturated heterocycles. The summed E-state index contributed by atoms with van der Waals surface area (Å²) in [6, 6.07) is 4.83. The van der Waals surface area contributed by atoms with Gasteiger partial charge in [-0.1, -0.05) is 31.2 Å². The first-order chi connectivity index (χ1) is 12.8. The Balaban J connectivity index is 1.94. The molecule has 0 heterocycles. The third-order valence-electron chi connectivity index (χ3n) is 5.33. The number of aromatic hydroxyl groups is 1. The molecule has 6 nitrogen and oxygen atoms in total. The van der Waals surface area contributed by atoms with Gasteiger partial charge in [-0.15, -0.1) is 0 Å². The lowest BCUT2D eigenvalue weighted by molar-refractivity contribution is -0.121. The fourth-order valence-corrected chi connectivity index (χ4v) is 4.06. The molecule has 138 valence electrons. The molecule has 1 aromatic carbocycles. The van der Waals surface area contributed by atoms with Crippen LogP contribution in [0.3, 0.4) is 0 Å². The highest BCUT2D eigenvalue weighted by atomic mass is 16.3. The number of fused-ring (bicyclic) bond motifs is 3. The van der Waals surface area contributed by atoms with E-state index < -0.39 is 29.3 Å². The van der Waals surface area contributed by atoms with Crippen molar-refractivity contribution in [3.63, 3.8) is 0 Å². The number of carbonyl (C=O) groups is 2. The molecule has 4 rings (SSSR count). The van der Waals surface area contributed by atoms with E-state index in [1.54, 1.807) is 31.2 Å². The standard InChI is InChI=1S/C21H18O6/c1-2-12(22)18-14(24)8-11-7-10-6-9-4-3-5-13(23)15(9)19(25)16(10)20(26)17(11)21(18)27/h3-7,16,19,23,25-27H,2,8H2,1H3. The van der Waals surface area contributed by atoms with Gasteiger partial charge in [0.2, 0.25) is 0 Å². The maximum Gasteiger partial charge on any atom is 0.174 e. The zero-order chi connectivity index (χ0) is 19.5. The molecule has 0 spiro atoms. The van der Waals surface area contributed by atoms with E-state index in [0.29, 0.717) is 16.7 Å². The van der Waals surface area contributed by atoms with E-state index in [2.05, 4.69) is 0 Å². The van der Waals surface area contributed by atoms with Crippen LogP contribution in [-0.4, -0.2) is 32.0 Å². The highest BCUT2D eigenvalue weighted by Crippen LogP contribution is 2.50. The molecule has 0 amide bonds. The Hall–Kier alpha value is -3.12. The molecule has 4 N–H and O–H groups in total. The maximum atomic E-state index is 12.3. The predicted octanol–water partition coefficient (Wildman–Crippen LogP) is 2.95. The number of aliphatic hydroxyl groups is 3. The number of carbonyl (C=O) groups excluding carboxylic acids is 2. The van der Waals surface area contributed by atoms with Crippen molar-refractivity contribution in [2.45, 2.75) is 25.9 Å². The highest BCUT2D eigenvalue weighted by Gasteiger charge is 2.42. The number of phenolic OH excluding ortho intramolecular Hbond substituents is 1. The van der Waals surface area contributed by atoms with Gasteiger partial charge in [0, 0.05) is 18.4 Å². The first-order valence-electron chi connectivity index (χ1n) is 8.70. The van der Waals surface area contributed by atoms with Crippen LogP contribution in [0.2, 0.25) is 0 Å². The molecule has 1 aromatic rings. The molecule has 3 aliphatic rings. The van der Waals surface area contributed by atoms with Crippen LogP contribution in [0.5, 0.6) is 5.75 Å². The molecule has 2 unspecified atom stereocenters. The molecule has 0 bridgehead atoms. The van der Waals surface area contributed by atoms with E-state index >= 15 is 0 Å². The van der Waals surface area contributed by atoms with Gasteiger partial charge in [-0.2, -0.15) is 0 Å². The number of allylic oxidation sites excluding steroid dienone is 3. The highest BCUT2D eigenvalue weighted by molar-refractivity contribution is 6.22. The largest absolute Gasteiger partial charge is 0.511 e. The first-order valence-corrected chi connectivity index (χ1v) is 8.70. The number of benzene rings is 1. The van der Waals surface area contributed by atoms with E-state index in [9.17, 15) is 30.0 Å². The quantitative estimate of drug-likeness (QED) is 0.598. The lowest BCUT2D eigenvalue weighted by Crippen LogP contribution is -2.29. The van der Waals surface area contributed by atoms with Crippen molar-refractivity contribution in [2.24, 2.45) is 5.92 Å². The molecule has 0 aromatic heterocycles. The zero-order valence-electron chi connectivity index (χ0n) is 14.6. The van der Waals surface area contributed by atoms with Gasteiger partial charge in [-0.25, -0.2) is 0 Å². The summed E-state index contributed by atoms with van der Waals surface area (Å²) in [6.07, 6.45) is 2.08. The summed E-state index contributed by atoms with van der Waals surface area (Å²) in [5.41, 5.74) is 1.59. The average Bonchev–Trinajstić information content (AvgIpc) is 2.60. The van der Waals surface area contributed by atoms with Gasteiger partial charge in [0.1, 0.15) is 22.8 Å². The van der Waals surface area contributed by atoms with E-state index in [-0.39, 0.29) is 41.1 Å². The zero-order valence-corrected chi connectivity index (χ0v) is 14.6. The van der Waals surface area contributed by atoms with Crippen molar-refractivity contribution in [1.29, 1.82) is 0 Å². The van der Waals surface area contributed by atoms with Gasteiger partial charge in [-0.3, -0.25) is 9.59 Å². The normalized spacial score (nSPS) is 24.0. The second-order valence-corrected chi connectivity index (χ2v) is 6.88. The van der Waals surface area contributed by atoms with Crippen LogP contribution in [0.4, 0.5) is 0 Å². The fraction of sp³-hybridized carbons (Fsp3) is 0.238. The molecular formula is C21H18O6. The van der Waals surface area contributed by atoms with Crippen molar-refractivity contribution in [1.82, 2.24) is 0 Å². The first kappa shape index (κ1) is 17.3. The van der Waals surface area contributed by atoms with Crippen molar-refractivity contribution in [3.8, 4) is 5.75 Å². The van der Waals surface area contributed by atoms with Gasteiger partial charge in [0.25, 0.3) is 0 Å². The minimum Gasteiger partial charge on any atom is -0.511 e. The monoisotopic (exact) mass is 366 g/mol. The van der Waals surface area contributed by atoms with Gasteiger partial charge in [-0.05, 0) is 22.8 Å². The summed E-state index contributed by atoms with van der Waals surface area (Å²) < 4.78 is 0. The van der Waals surface area contributed by atoms with Crippen LogP contribution in [0.15, 0.2) is 58.1 Å². The van der Waals surface area contributed by atoms with E-state index in [0.717, 1.165) is 0 Å². The molecule has 6 heteroatoms. The Morgan fingerprint density at radius 2 is 1.93 bits per heavy atom. The molecule has 2 atom stereocenters. The van der Waals surface area contributed by atoms with E-state index in [1.807, 2.05) is 0 Å². The van der Waals surface area contributed by atoms with Gasteiger partial charge >= 0.3 is 0 Å². The number of rotatable bonds is 2. The SMILES string of the molecule is CCC(=O)C1=C(O)C2=C(O)C3C(=Cc4cccc(O)c4C3O)C=C2CC1=O. The Morgan fingerprint density at radius 1 is 1.19 bits per heavy atom. The fourth-order valence-electron chi connectivity index (χ4n) is 4.06. The van der Waals surface area contributed by atoms with Crippen LogP contribution in [0, 0.1) is 5.92 Å². The van der Waals surface area contributed by atoms with Crippen molar-refractivity contribution < 1.29 is 30.0 Å². The molecule has 0 fully saturated rings. The number of aliphatic hydroxyl groups excluding tert-OH is 3. The third-order valence-corrected chi connectivity index (χ3v) is 5.33. The van der Waals surface area contributed by atoms with Crippen LogP contribution in [-0.2, 0) is 9.59 Å². The van der Waals surface area contributed by atoms with E-state index in [1.165, 1.54) is 6.07 Å². The Morgan fingerprint density at radius 3 is 2.63 bits per heavy atom. The summed E-state index contributed by atoms with van der Waals surface area (Å²) >= 11 is 0. The number of hydrogen-bond acceptors (Lipinski definition) is 6. The topological polar surface area (TPSA) is 115 Å². The predicted molar refractivity (Wildman–Crippen MR) is 96.8 cm³/mol. The minimum absolute atomic E-state index is 0.0199. The summed E-state index contributed by atoms with van der Waals surface area (Å²) in [6.45, 7) is 1.59. The second-order valence-electron chi connectivity index (χ2n) is 6.88. The summed E-state index contributed by atoms with van der Waals surface area (Å²) in [5.74, 6) is -2.84. The summed E-state index contributed by atoms with van der Waals surface area (Å²) in [7, 11) is 0. The Kier molecular flexibility index (Phi) is 3.82. The number of phenols is 1. The molecular weight excluding hydrogens is 348 g/mol. The third kappa shape index (κ3) is 2.37. The lowest BCUT2D eigenvalue weighted by atomic mass is 9.71. The van der Waals surface area contributed by atoms with Crippen LogP contribution in [0.1, 0.15) is 37.0 Å². The molecule has 0 saturated carbocycles. The second kappa shape index (κ2) is 5.96. The van der Waals surface area contributed by atoms with E-state index in [4.69, 9.17) is 0 Å². The van der Waals surface area contributed by atoms with Gasteiger partial charge in [0.15, 0.2) is 11.6 Å². The number of ketones is 2. The smallest absolute Gasteiger partial charge is 0.174 e. The van der Waals surface area contributed by atoms with Crippen LogP contribution >= 0.6 is 0 Å². The van der Waals surface area contributed by atoms with Crippen molar-refractivity contribution in [3.05, 3.63) is 69.2 Å². The molecule has 3 aliphatic carbocycles. The maximum absolute atomic E-state index is 12.3. The Labute approximate surface area is 155 Å².